The Morgan fingerprint density at radius 2 is 1.66 bits per heavy atom. The Morgan fingerprint density at radius 1 is 1.00 bits per heavy atom. The summed E-state index contributed by atoms with van der Waals surface area (Å²) in [6.45, 7) is 3.20. The van der Waals surface area contributed by atoms with Crippen molar-refractivity contribution in [2.45, 2.75) is 37.8 Å². The molecule has 35 heavy (non-hydrogen) atoms. The first-order valence-electron chi connectivity index (χ1n) is 11.4. The van der Waals surface area contributed by atoms with E-state index in [0.717, 1.165) is 15.1 Å². The first-order chi connectivity index (χ1) is 16.6. The highest BCUT2D eigenvalue weighted by Crippen LogP contribution is 2.22. The minimum absolute atomic E-state index is 0.0564. The lowest BCUT2D eigenvalue weighted by Gasteiger charge is -2.30. The first kappa shape index (κ1) is 26.3. The molecule has 0 aliphatic rings. The van der Waals surface area contributed by atoms with Gasteiger partial charge in [-0.25, -0.2) is 12.8 Å². The van der Waals surface area contributed by atoms with Crippen molar-refractivity contribution in [1.29, 1.82) is 0 Å². The van der Waals surface area contributed by atoms with Gasteiger partial charge in [-0.3, -0.25) is 9.59 Å². The van der Waals surface area contributed by atoms with Crippen LogP contribution in [0.4, 0.5) is 4.39 Å². The molecule has 0 aliphatic heterocycles. The minimum atomic E-state index is -3.99. The number of carbonyl (C=O) groups is 2. The average molecular weight is 500 g/mol. The van der Waals surface area contributed by atoms with Gasteiger partial charge in [-0.2, -0.15) is 4.31 Å². The van der Waals surface area contributed by atoms with Crippen molar-refractivity contribution in [3.05, 3.63) is 78.1 Å². The molecule has 9 heteroatoms. The van der Waals surface area contributed by atoms with E-state index in [1.165, 1.54) is 36.2 Å². The standard InChI is InChI=1S/C26H30FN3O4S/c1-4-15-28-26(32)19(2)30(17-22-11-7-8-12-24(22)27)25(31)18-29(3)35(33,34)23-14-13-20-9-5-6-10-21(20)16-23/h5-14,16,19H,4,15,17-18H2,1-3H3,(H,28,32). The van der Waals surface area contributed by atoms with E-state index in [2.05, 4.69) is 5.32 Å². The maximum Gasteiger partial charge on any atom is 0.243 e. The lowest BCUT2D eigenvalue weighted by molar-refractivity contribution is -0.140. The zero-order valence-corrected chi connectivity index (χ0v) is 20.9. The number of amides is 2. The number of hydrogen-bond acceptors (Lipinski definition) is 4. The number of halogens is 1. The molecule has 0 saturated heterocycles. The lowest BCUT2D eigenvalue weighted by atomic mass is 10.1. The van der Waals surface area contributed by atoms with Gasteiger partial charge in [0.25, 0.3) is 0 Å². The highest BCUT2D eigenvalue weighted by molar-refractivity contribution is 7.89. The van der Waals surface area contributed by atoms with Crippen molar-refractivity contribution >= 4 is 32.6 Å². The highest BCUT2D eigenvalue weighted by atomic mass is 32.2. The van der Waals surface area contributed by atoms with Crippen molar-refractivity contribution in [2.75, 3.05) is 20.1 Å². The van der Waals surface area contributed by atoms with E-state index in [1.54, 1.807) is 25.1 Å². The van der Waals surface area contributed by atoms with Crippen LogP contribution in [0, 0.1) is 5.82 Å². The van der Waals surface area contributed by atoms with Gasteiger partial charge in [0.05, 0.1) is 11.4 Å². The number of nitrogens with zero attached hydrogens (tertiary/aromatic N) is 2. The highest BCUT2D eigenvalue weighted by Gasteiger charge is 2.30. The zero-order chi connectivity index (χ0) is 25.6. The fourth-order valence-corrected chi connectivity index (χ4v) is 4.82. The number of nitrogens with one attached hydrogen (secondary N) is 1. The topological polar surface area (TPSA) is 86.8 Å². The molecule has 0 heterocycles. The van der Waals surface area contributed by atoms with E-state index in [1.807, 2.05) is 31.2 Å². The van der Waals surface area contributed by atoms with Crippen LogP contribution in [-0.4, -0.2) is 55.6 Å². The number of sulfonamides is 1. The Bertz CT molecular complexity index is 1310. The third kappa shape index (κ3) is 6.23. The van der Waals surface area contributed by atoms with E-state index < -0.39 is 40.2 Å². The predicted molar refractivity (Wildman–Crippen MR) is 133 cm³/mol. The molecule has 0 bridgehead atoms. The summed E-state index contributed by atoms with van der Waals surface area (Å²) in [5, 5.41) is 4.39. The Hall–Kier alpha value is -3.30. The second-order valence-electron chi connectivity index (χ2n) is 8.35. The van der Waals surface area contributed by atoms with Crippen molar-refractivity contribution in [1.82, 2.24) is 14.5 Å². The number of likely N-dealkylation sites (N-methyl/N-ethyl adjacent to an activating group) is 1. The van der Waals surface area contributed by atoms with Gasteiger partial charge in [0.15, 0.2) is 0 Å². The smallest absolute Gasteiger partial charge is 0.243 e. The summed E-state index contributed by atoms with van der Waals surface area (Å²) in [5.41, 5.74) is 0.232. The van der Waals surface area contributed by atoms with E-state index in [-0.39, 0.29) is 17.0 Å². The molecular formula is C26H30FN3O4S. The quantitative estimate of drug-likeness (QED) is 0.462. The van der Waals surface area contributed by atoms with Gasteiger partial charge < -0.3 is 10.2 Å². The normalized spacial score (nSPS) is 12.5. The molecule has 0 aromatic heterocycles. The summed E-state index contributed by atoms with van der Waals surface area (Å²) in [7, 11) is -2.68. The van der Waals surface area contributed by atoms with Crippen LogP contribution < -0.4 is 5.32 Å². The van der Waals surface area contributed by atoms with Gasteiger partial charge in [0.2, 0.25) is 21.8 Å². The molecule has 1 unspecified atom stereocenters. The van der Waals surface area contributed by atoms with Crippen LogP contribution in [-0.2, 0) is 26.2 Å². The summed E-state index contributed by atoms with van der Waals surface area (Å²) in [6, 6.07) is 17.2. The van der Waals surface area contributed by atoms with Crippen LogP contribution in [0.25, 0.3) is 10.8 Å². The number of benzene rings is 3. The third-order valence-electron chi connectivity index (χ3n) is 5.80. The number of hydrogen-bond donors (Lipinski definition) is 1. The predicted octanol–water partition coefficient (Wildman–Crippen LogP) is 3.54. The van der Waals surface area contributed by atoms with Gasteiger partial charge in [0.1, 0.15) is 11.9 Å². The van der Waals surface area contributed by atoms with E-state index in [9.17, 15) is 22.4 Å². The van der Waals surface area contributed by atoms with Crippen LogP contribution in [0.15, 0.2) is 71.6 Å². The van der Waals surface area contributed by atoms with Crippen LogP contribution in [0.2, 0.25) is 0 Å². The summed E-state index contributed by atoms with van der Waals surface area (Å²) < 4.78 is 41.7. The summed E-state index contributed by atoms with van der Waals surface area (Å²) in [5.74, 6) is -1.51. The molecule has 0 spiro atoms. The average Bonchev–Trinajstić information content (AvgIpc) is 2.85. The maximum atomic E-state index is 14.3. The van der Waals surface area contributed by atoms with Crippen molar-refractivity contribution in [3.63, 3.8) is 0 Å². The molecule has 186 valence electrons. The Balaban J connectivity index is 1.85. The first-order valence-corrected chi connectivity index (χ1v) is 12.8. The molecule has 2 amide bonds. The van der Waals surface area contributed by atoms with E-state index in [0.29, 0.717) is 13.0 Å². The Morgan fingerprint density at radius 3 is 2.34 bits per heavy atom. The Labute approximate surface area is 205 Å². The molecule has 0 aliphatic carbocycles. The van der Waals surface area contributed by atoms with Gasteiger partial charge in [-0.05, 0) is 42.3 Å². The van der Waals surface area contributed by atoms with E-state index in [4.69, 9.17) is 0 Å². The second kappa shape index (κ2) is 11.4. The van der Waals surface area contributed by atoms with Crippen molar-refractivity contribution in [3.8, 4) is 0 Å². The summed E-state index contributed by atoms with van der Waals surface area (Å²) >= 11 is 0. The molecule has 0 saturated carbocycles. The number of carbonyl (C=O) groups excluding carboxylic acids is 2. The van der Waals surface area contributed by atoms with Gasteiger partial charge in [-0.15, -0.1) is 0 Å². The van der Waals surface area contributed by atoms with Crippen LogP contribution in [0.3, 0.4) is 0 Å². The van der Waals surface area contributed by atoms with Crippen LogP contribution >= 0.6 is 0 Å². The van der Waals surface area contributed by atoms with Crippen LogP contribution in [0.5, 0.6) is 0 Å². The third-order valence-corrected chi connectivity index (χ3v) is 7.60. The van der Waals surface area contributed by atoms with E-state index >= 15 is 0 Å². The van der Waals surface area contributed by atoms with Crippen molar-refractivity contribution in [2.24, 2.45) is 0 Å². The number of fused-ring (bicyclic) bond motifs is 1. The summed E-state index contributed by atoms with van der Waals surface area (Å²) in [4.78, 5) is 27.2. The maximum absolute atomic E-state index is 14.3. The van der Waals surface area contributed by atoms with Gasteiger partial charge in [0, 0.05) is 25.7 Å². The molecule has 3 aromatic rings. The summed E-state index contributed by atoms with van der Waals surface area (Å²) in [6.07, 6.45) is 0.715. The molecule has 0 radical (unpaired) electrons. The molecule has 3 aromatic carbocycles. The monoisotopic (exact) mass is 499 g/mol. The second-order valence-corrected chi connectivity index (χ2v) is 10.4. The van der Waals surface area contributed by atoms with Crippen LogP contribution in [0.1, 0.15) is 25.8 Å². The largest absolute Gasteiger partial charge is 0.354 e. The molecule has 3 rings (SSSR count). The SMILES string of the molecule is CCCNC(=O)C(C)N(Cc1ccccc1F)C(=O)CN(C)S(=O)(=O)c1ccc2ccccc2c1. The zero-order valence-electron chi connectivity index (χ0n) is 20.1. The molecule has 1 atom stereocenters. The molecule has 7 nitrogen and oxygen atoms in total. The fraction of sp³-hybridized carbons (Fsp3) is 0.308. The van der Waals surface area contributed by atoms with Gasteiger partial charge in [-0.1, -0.05) is 55.5 Å². The minimum Gasteiger partial charge on any atom is -0.354 e. The molecule has 0 fully saturated rings. The Kier molecular flexibility index (Phi) is 8.58. The fourth-order valence-electron chi connectivity index (χ4n) is 3.66. The lowest BCUT2D eigenvalue weighted by Crippen LogP contribution is -2.50. The van der Waals surface area contributed by atoms with Crippen molar-refractivity contribution < 1.29 is 22.4 Å². The molecular weight excluding hydrogens is 469 g/mol. The number of rotatable bonds is 10. The van der Waals surface area contributed by atoms with Gasteiger partial charge >= 0.3 is 0 Å². The molecule has 1 N–H and O–H groups in total.